The quantitative estimate of drug-likeness (QED) is 0.612. The normalized spacial score (nSPS) is 11.3. The number of halogens is 2. The van der Waals surface area contributed by atoms with E-state index in [1.54, 1.807) is 7.11 Å². The Balaban J connectivity index is 2.44. The van der Waals surface area contributed by atoms with E-state index in [1.165, 1.54) is 0 Å². The number of benzene rings is 1. The molecule has 0 atom stereocenters. The number of ether oxygens (including phenoxy) is 2. The van der Waals surface area contributed by atoms with Gasteiger partial charge in [0.1, 0.15) is 11.5 Å². The second-order valence-electron chi connectivity index (χ2n) is 4.39. The van der Waals surface area contributed by atoms with Crippen molar-refractivity contribution >= 4 is 31.9 Å². The topological polar surface area (TPSA) is 18.5 Å². The van der Waals surface area contributed by atoms with E-state index in [-0.39, 0.29) is 5.41 Å². The van der Waals surface area contributed by atoms with E-state index in [1.807, 2.05) is 24.3 Å². The summed E-state index contributed by atoms with van der Waals surface area (Å²) >= 11 is 7.19. The van der Waals surface area contributed by atoms with Crippen LogP contribution in [-0.4, -0.2) is 24.4 Å². The lowest BCUT2D eigenvalue weighted by molar-refractivity contribution is 0.232. The smallest absolute Gasteiger partial charge is 0.119 e. The highest BCUT2D eigenvalue weighted by Gasteiger charge is 2.25. The third-order valence-corrected chi connectivity index (χ3v) is 5.66. The molecular formula is C14H20Br2O2. The van der Waals surface area contributed by atoms with E-state index in [0.717, 1.165) is 41.6 Å². The van der Waals surface area contributed by atoms with Crippen molar-refractivity contribution in [2.24, 2.45) is 5.41 Å². The number of hydrogen-bond donors (Lipinski definition) is 0. The van der Waals surface area contributed by atoms with E-state index >= 15 is 0 Å². The van der Waals surface area contributed by atoms with Crippen molar-refractivity contribution in [2.45, 2.75) is 19.8 Å². The second-order valence-corrected chi connectivity index (χ2v) is 5.52. The fourth-order valence-electron chi connectivity index (χ4n) is 1.59. The van der Waals surface area contributed by atoms with Crippen LogP contribution in [0.3, 0.4) is 0 Å². The summed E-state index contributed by atoms with van der Waals surface area (Å²) in [6.45, 7) is 2.95. The molecule has 18 heavy (non-hydrogen) atoms. The van der Waals surface area contributed by atoms with Crippen molar-refractivity contribution in [3.8, 4) is 11.5 Å². The first kappa shape index (κ1) is 15.8. The van der Waals surface area contributed by atoms with E-state index in [4.69, 9.17) is 9.47 Å². The zero-order valence-corrected chi connectivity index (χ0v) is 14.1. The van der Waals surface area contributed by atoms with Crippen LogP contribution < -0.4 is 9.47 Å². The Morgan fingerprint density at radius 2 is 1.61 bits per heavy atom. The molecule has 4 heteroatoms. The highest BCUT2D eigenvalue weighted by molar-refractivity contribution is 9.09. The fourth-order valence-corrected chi connectivity index (χ4v) is 3.87. The summed E-state index contributed by atoms with van der Waals surface area (Å²) in [6.07, 6.45) is 2.17. The highest BCUT2D eigenvalue weighted by Crippen LogP contribution is 2.31. The molecule has 0 radical (unpaired) electrons. The molecule has 1 aromatic rings. The number of hydrogen-bond acceptors (Lipinski definition) is 2. The second kappa shape index (κ2) is 8.05. The third-order valence-electron chi connectivity index (χ3n) is 3.28. The van der Waals surface area contributed by atoms with Crippen LogP contribution >= 0.6 is 31.9 Å². The minimum absolute atomic E-state index is 0.284. The van der Waals surface area contributed by atoms with Crippen LogP contribution in [0.25, 0.3) is 0 Å². The lowest BCUT2D eigenvalue weighted by Gasteiger charge is -2.28. The summed E-state index contributed by atoms with van der Waals surface area (Å²) in [5.41, 5.74) is 0.284. The van der Waals surface area contributed by atoms with Gasteiger partial charge in [-0.05, 0) is 42.5 Å². The van der Waals surface area contributed by atoms with E-state index in [0.29, 0.717) is 0 Å². The highest BCUT2D eigenvalue weighted by atomic mass is 79.9. The van der Waals surface area contributed by atoms with Gasteiger partial charge >= 0.3 is 0 Å². The van der Waals surface area contributed by atoms with Crippen LogP contribution in [0.1, 0.15) is 19.8 Å². The van der Waals surface area contributed by atoms with Crippen molar-refractivity contribution in [3.05, 3.63) is 24.3 Å². The minimum Gasteiger partial charge on any atom is -0.497 e. The van der Waals surface area contributed by atoms with Crippen LogP contribution in [0, 0.1) is 5.41 Å². The molecule has 0 aromatic heterocycles. The van der Waals surface area contributed by atoms with Crippen molar-refractivity contribution in [1.82, 2.24) is 0 Å². The van der Waals surface area contributed by atoms with Gasteiger partial charge in [-0.1, -0.05) is 38.8 Å². The molecule has 0 spiro atoms. The van der Waals surface area contributed by atoms with Gasteiger partial charge in [0.15, 0.2) is 0 Å². The number of rotatable bonds is 8. The molecule has 1 rings (SSSR count). The Hall–Kier alpha value is -0.220. The molecule has 102 valence electrons. The Bertz CT molecular complexity index is 326. The average Bonchev–Trinajstić information content (AvgIpc) is 2.45. The molecule has 0 saturated heterocycles. The summed E-state index contributed by atoms with van der Waals surface area (Å²) in [4.78, 5) is 0. The average molecular weight is 380 g/mol. The predicted octanol–water partition coefficient (Wildman–Crippen LogP) is 4.65. The molecule has 0 aliphatic rings. The first-order valence-corrected chi connectivity index (χ1v) is 8.33. The van der Waals surface area contributed by atoms with Crippen LogP contribution in [0.2, 0.25) is 0 Å². The molecule has 0 aliphatic heterocycles. The van der Waals surface area contributed by atoms with Gasteiger partial charge in [-0.15, -0.1) is 0 Å². The van der Waals surface area contributed by atoms with Crippen molar-refractivity contribution in [3.63, 3.8) is 0 Å². The van der Waals surface area contributed by atoms with Gasteiger partial charge in [-0.3, -0.25) is 0 Å². The first-order valence-electron chi connectivity index (χ1n) is 6.08. The van der Waals surface area contributed by atoms with Gasteiger partial charge < -0.3 is 9.47 Å². The largest absolute Gasteiger partial charge is 0.497 e. The maximum atomic E-state index is 5.77. The zero-order valence-electron chi connectivity index (χ0n) is 10.9. The van der Waals surface area contributed by atoms with Crippen molar-refractivity contribution in [1.29, 1.82) is 0 Å². The molecular weight excluding hydrogens is 360 g/mol. The van der Waals surface area contributed by atoms with E-state index in [9.17, 15) is 0 Å². The van der Waals surface area contributed by atoms with Crippen molar-refractivity contribution in [2.75, 3.05) is 24.4 Å². The maximum absolute atomic E-state index is 5.77. The van der Waals surface area contributed by atoms with Gasteiger partial charge in [0.05, 0.1) is 13.7 Å². The van der Waals surface area contributed by atoms with Gasteiger partial charge in [0.2, 0.25) is 0 Å². The summed E-state index contributed by atoms with van der Waals surface area (Å²) in [7, 11) is 1.66. The fraction of sp³-hybridized carbons (Fsp3) is 0.571. The molecule has 0 fully saturated rings. The number of methoxy groups -OCH3 is 1. The van der Waals surface area contributed by atoms with E-state index in [2.05, 4.69) is 38.8 Å². The Morgan fingerprint density at radius 3 is 2.06 bits per heavy atom. The summed E-state index contributed by atoms with van der Waals surface area (Å²) in [5, 5.41) is 1.99. The van der Waals surface area contributed by atoms with Gasteiger partial charge in [-0.2, -0.15) is 0 Å². The van der Waals surface area contributed by atoms with Gasteiger partial charge in [0.25, 0.3) is 0 Å². The third kappa shape index (κ3) is 4.47. The monoisotopic (exact) mass is 378 g/mol. The molecule has 0 heterocycles. The van der Waals surface area contributed by atoms with Crippen LogP contribution in [0.15, 0.2) is 24.3 Å². The molecule has 0 N–H and O–H groups in total. The summed E-state index contributed by atoms with van der Waals surface area (Å²) < 4.78 is 10.9. The first-order chi connectivity index (χ1) is 8.69. The lowest BCUT2D eigenvalue weighted by Crippen LogP contribution is -2.26. The summed E-state index contributed by atoms with van der Waals surface area (Å²) in [6, 6.07) is 7.71. The molecule has 0 amide bonds. The maximum Gasteiger partial charge on any atom is 0.119 e. The van der Waals surface area contributed by atoms with E-state index < -0.39 is 0 Å². The Morgan fingerprint density at radius 1 is 1.06 bits per heavy atom. The zero-order chi connectivity index (χ0) is 13.4. The van der Waals surface area contributed by atoms with Crippen molar-refractivity contribution < 1.29 is 9.47 Å². The Kier molecular flexibility index (Phi) is 7.08. The SMILES string of the molecule is CCC(CBr)(CBr)CCOc1ccc(OC)cc1. The molecule has 0 unspecified atom stereocenters. The minimum atomic E-state index is 0.284. The van der Waals surface area contributed by atoms with Crippen LogP contribution in [0.5, 0.6) is 11.5 Å². The molecule has 0 aliphatic carbocycles. The molecule has 0 bridgehead atoms. The number of alkyl halides is 2. The van der Waals surface area contributed by atoms with Crippen LogP contribution in [-0.2, 0) is 0 Å². The standard InChI is InChI=1S/C14H20Br2O2/c1-3-14(10-15,11-16)8-9-18-13-6-4-12(17-2)5-7-13/h4-7H,3,8-11H2,1-2H3. The molecule has 2 nitrogen and oxygen atoms in total. The molecule has 1 aromatic carbocycles. The van der Waals surface area contributed by atoms with Crippen LogP contribution in [0.4, 0.5) is 0 Å². The predicted molar refractivity (Wildman–Crippen MR) is 83.4 cm³/mol. The van der Waals surface area contributed by atoms with Gasteiger partial charge in [-0.25, -0.2) is 0 Å². The lowest BCUT2D eigenvalue weighted by atomic mass is 9.87. The summed E-state index contributed by atoms with van der Waals surface area (Å²) in [5.74, 6) is 1.75. The van der Waals surface area contributed by atoms with Gasteiger partial charge in [0, 0.05) is 10.7 Å². The molecule has 0 saturated carbocycles. The Labute approximate surface area is 126 Å².